The number of carbonyl (C=O) groups excluding carboxylic acids is 1. The first-order valence-corrected chi connectivity index (χ1v) is 13.4. The van der Waals surface area contributed by atoms with Crippen LogP contribution in [-0.2, 0) is 14.6 Å². The van der Waals surface area contributed by atoms with Crippen LogP contribution in [0.2, 0.25) is 0 Å². The zero-order chi connectivity index (χ0) is 26.9. The van der Waals surface area contributed by atoms with Crippen molar-refractivity contribution in [3.63, 3.8) is 0 Å². The van der Waals surface area contributed by atoms with Crippen molar-refractivity contribution in [1.29, 1.82) is 0 Å². The van der Waals surface area contributed by atoms with Gasteiger partial charge >= 0.3 is 0 Å². The van der Waals surface area contributed by atoms with Gasteiger partial charge in [-0.05, 0) is 106 Å². The van der Waals surface area contributed by atoms with E-state index in [0.717, 1.165) is 59.5 Å². The second-order valence-corrected chi connectivity index (χ2v) is 11.3. The number of carbonyl (C=O) groups is 1. The van der Waals surface area contributed by atoms with Crippen LogP contribution in [0.5, 0.6) is 17.2 Å². The Bertz CT molecular complexity index is 1470. The maximum atomic E-state index is 13.3. The third-order valence-electron chi connectivity index (χ3n) is 5.79. The fourth-order valence-electron chi connectivity index (χ4n) is 3.91. The number of anilines is 1. The van der Waals surface area contributed by atoms with Crippen molar-refractivity contribution in [1.82, 2.24) is 5.32 Å². The molecule has 1 aliphatic carbocycles. The Labute approximate surface area is 215 Å². The molecule has 1 saturated carbocycles. The molecule has 1 fully saturated rings. The van der Waals surface area contributed by atoms with Crippen molar-refractivity contribution in [2.45, 2.75) is 56.4 Å². The highest BCUT2D eigenvalue weighted by molar-refractivity contribution is 7.91. The van der Waals surface area contributed by atoms with Crippen LogP contribution in [0, 0.1) is 19.7 Å². The molecule has 0 spiro atoms. The first-order chi connectivity index (χ1) is 17.5. The molecular formula is C28H29FN2O5S. The second-order valence-electron chi connectivity index (χ2n) is 9.36. The van der Waals surface area contributed by atoms with Crippen molar-refractivity contribution in [3.8, 4) is 17.2 Å². The average molecular weight is 525 g/mol. The number of halogens is 1. The molecule has 0 radical (unpaired) electrons. The highest BCUT2D eigenvalue weighted by atomic mass is 32.2. The fraction of sp³-hybridized carbons (Fsp3) is 0.250. The van der Waals surface area contributed by atoms with E-state index in [1.165, 1.54) is 18.2 Å². The van der Waals surface area contributed by atoms with Crippen LogP contribution in [0.15, 0.2) is 75.7 Å². The van der Waals surface area contributed by atoms with E-state index in [9.17, 15) is 22.7 Å². The van der Waals surface area contributed by atoms with Crippen molar-refractivity contribution in [3.05, 3.63) is 82.8 Å². The molecule has 0 heterocycles. The number of hydrogen-bond donors (Lipinski definition) is 3. The standard InChI is InChI=1S/C28H29FN2O5S/c1-16(2)30-28(33)26(19-5-6-19)31-21-13-17(3)27(18(4)14-21)36-22-9-12-24(32)25(15-22)37(34,35)23-10-7-20(29)8-11-23/h7-16,31-32H,5-6H2,1-4H3,(H,30,33). The molecule has 3 N–H and O–H groups in total. The number of ether oxygens (including phenoxy) is 1. The number of benzene rings is 3. The lowest BCUT2D eigenvalue weighted by molar-refractivity contribution is -0.117. The summed E-state index contributed by atoms with van der Waals surface area (Å²) in [5.74, 6) is -0.414. The number of phenols is 1. The first-order valence-electron chi connectivity index (χ1n) is 11.9. The summed E-state index contributed by atoms with van der Waals surface area (Å²) >= 11 is 0. The Balaban J connectivity index is 1.60. The number of aromatic hydroxyl groups is 1. The quantitative estimate of drug-likeness (QED) is 0.256. The molecule has 9 heteroatoms. The maximum absolute atomic E-state index is 13.3. The molecule has 1 aliphatic rings. The van der Waals surface area contributed by atoms with E-state index in [4.69, 9.17) is 4.74 Å². The molecule has 0 saturated heterocycles. The number of sulfone groups is 1. The van der Waals surface area contributed by atoms with Crippen molar-refractivity contribution >= 4 is 21.4 Å². The topological polar surface area (TPSA) is 105 Å². The minimum atomic E-state index is -4.11. The van der Waals surface area contributed by atoms with Crippen molar-refractivity contribution in [2.75, 3.05) is 5.32 Å². The average Bonchev–Trinajstić information content (AvgIpc) is 3.66. The number of hydrogen-bond acceptors (Lipinski definition) is 6. The van der Waals surface area contributed by atoms with Gasteiger partial charge in [-0.15, -0.1) is 0 Å². The van der Waals surface area contributed by atoms with Gasteiger partial charge in [0.2, 0.25) is 9.84 Å². The number of phenolic OH excluding ortho intramolecular Hbond substituents is 1. The number of rotatable bonds is 8. The van der Waals surface area contributed by atoms with E-state index in [0.29, 0.717) is 11.4 Å². The number of aryl methyl sites for hydroxylation is 2. The van der Waals surface area contributed by atoms with Gasteiger partial charge in [-0.1, -0.05) is 0 Å². The molecule has 1 amide bonds. The van der Waals surface area contributed by atoms with E-state index in [1.54, 1.807) is 0 Å². The smallest absolute Gasteiger partial charge is 0.267 e. The van der Waals surface area contributed by atoms with Gasteiger partial charge in [-0.25, -0.2) is 12.8 Å². The minimum absolute atomic E-state index is 0.0185. The minimum Gasteiger partial charge on any atom is -0.507 e. The van der Waals surface area contributed by atoms with Crippen molar-refractivity contribution < 1.29 is 27.4 Å². The Kier molecular flexibility index (Phi) is 7.27. The molecule has 0 bridgehead atoms. The molecule has 0 aliphatic heterocycles. The Morgan fingerprint density at radius 1 is 1.00 bits per heavy atom. The molecule has 3 aromatic carbocycles. The Morgan fingerprint density at radius 2 is 1.62 bits per heavy atom. The van der Waals surface area contributed by atoms with E-state index in [1.807, 2.05) is 39.8 Å². The number of allylic oxidation sites excluding steroid dienone is 1. The molecular weight excluding hydrogens is 495 g/mol. The molecule has 194 valence electrons. The van der Waals surface area contributed by atoms with Gasteiger partial charge in [0, 0.05) is 17.8 Å². The highest BCUT2D eigenvalue weighted by Gasteiger charge is 2.25. The highest BCUT2D eigenvalue weighted by Crippen LogP contribution is 2.37. The lowest BCUT2D eigenvalue weighted by atomic mass is 10.1. The zero-order valence-corrected chi connectivity index (χ0v) is 21.9. The van der Waals surface area contributed by atoms with Gasteiger partial charge < -0.3 is 20.5 Å². The van der Waals surface area contributed by atoms with E-state index in [-0.39, 0.29) is 27.5 Å². The lowest BCUT2D eigenvalue weighted by Crippen LogP contribution is -2.33. The van der Waals surface area contributed by atoms with Crippen LogP contribution >= 0.6 is 0 Å². The van der Waals surface area contributed by atoms with Gasteiger partial charge in [0.1, 0.15) is 33.7 Å². The summed E-state index contributed by atoms with van der Waals surface area (Å²) in [5, 5.41) is 16.4. The third-order valence-corrected chi connectivity index (χ3v) is 7.59. The zero-order valence-electron chi connectivity index (χ0n) is 21.1. The summed E-state index contributed by atoms with van der Waals surface area (Å²) in [6, 6.07) is 12.1. The van der Waals surface area contributed by atoms with Crippen LogP contribution < -0.4 is 15.4 Å². The fourth-order valence-corrected chi connectivity index (χ4v) is 5.28. The van der Waals surface area contributed by atoms with E-state index >= 15 is 0 Å². The summed E-state index contributed by atoms with van der Waals surface area (Å²) in [6.45, 7) is 7.52. The third kappa shape index (κ3) is 5.94. The predicted molar refractivity (Wildman–Crippen MR) is 139 cm³/mol. The second kappa shape index (κ2) is 10.3. The summed E-state index contributed by atoms with van der Waals surface area (Å²) in [4.78, 5) is 12.1. The number of amides is 1. The maximum Gasteiger partial charge on any atom is 0.267 e. The monoisotopic (exact) mass is 524 g/mol. The van der Waals surface area contributed by atoms with Gasteiger partial charge in [-0.3, -0.25) is 4.79 Å². The van der Waals surface area contributed by atoms with E-state index < -0.39 is 21.4 Å². The van der Waals surface area contributed by atoms with Crippen LogP contribution in [0.1, 0.15) is 37.8 Å². The van der Waals surface area contributed by atoms with Crippen LogP contribution in [0.25, 0.3) is 0 Å². The Hall–Kier alpha value is -3.85. The van der Waals surface area contributed by atoms with Crippen LogP contribution in [-0.4, -0.2) is 25.5 Å². The Morgan fingerprint density at radius 3 is 2.19 bits per heavy atom. The molecule has 3 aromatic rings. The van der Waals surface area contributed by atoms with Gasteiger partial charge in [-0.2, -0.15) is 0 Å². The first kappa shape index (κ1) is 26.2. The van der Waals surface area contributed by atoms with Gasteiger partial charge in [0.05, 0.1) is 4.90 Å². The number of nitrogens with one attached hydrogen (secondary N) is 2. The van der Waals surface area contributed by atoms with Crippen LogP contribution in [0.4, 0.5) is 10.1 Å². The largest absolute Gasteiger partial charge is 0.507 e. The lowest BCUT2D eigenvalue weighted by Gasteiger charge is -2.17. The van der Waals surface area contributed by atoms with Gasteiger partial charge in [0.25, 0.3) is 5.91 Å². The summed E-state index contributed by atoms with van der Waals surface area (Å²) in [6.07, 6.45) is 1.77. The SMILES string of the molecule is Cc1cc(NC(C(=O)NC(C)C)=C2CC2)cc(C)c1Oc1ccc(O)c(S(=O)(=O)c2ccc(F)cc2)c1. The predicted octanol–water partition coefficient (Wildman–Crippen LogP) is 5.76. The van der Waals surface area contributed by atoms with E-state index in [2.05, 4.69) is 10.6 Å². The van der Waals surface area contributed by atoms with Crippen molar-refractivity contribution in [2.24, 2.45) is 0 Å². The molecule has 7 nitrogen and oxygen atoms in total. The summed E-state index contributed by atoms with van der Waals surface area (Å²) < 4.78 is 45.4. The molecule has 4 rings (SSSR count). The summed E-state index contributed by atoms with van der Waals surface area (Å²) in [5.41, 5.74) is 3.91. The summed E-state index contributed by atoms with van der Waals surface area (Å²) in [7, 11) is -4.11. The molecule has 0 atom stereocenters. The normalized spacial score (nSPS) is 12.9. The molecule has 37 heavy (non-hydrogen) atoms. The molecule has 0 aromatic heterocycles. The van der Waals surface area contributed by atoms with Gasteiger partial charge in [0.15, 0.2) is 0 Å². The van der Waals surface area contributed by atoms with Crippen LogP contribution in [0.3, 0.4) is 0 Å². The molecule has 0 unspecified atom stereocenters.